The summed E-state index contributed by atoms with van der Waals surface area (Å²) in [5.74, 6) is -0.372. The van der Waals surface area contributed by atoms with Crippen molar-refractivity contribution in [1.29, 1.82) is 0 Å². The minimum atomic E-state index is -0.268. The summed E-state index contributed by atoms with van der Waals surface area (Å²) in [7, 11) is 0. The van der Waals surface area contributed by atoms with E-state index < -0.39 is 0 Å². The summed E-state index contributed by atoms with van der Waals surface area (Å²) < 4.78 is 0.867. The highest BCUT2D eigenvalue weighted by molar-refractivity contribution is 9.11. The van der Waals surface area contributed by atoms with Crippen molar-refractivity contribution in [2.45, 2.75) is 19.4 Å². The smallest absolute Gasteiger partial charge is 0.261 e. The van der Waals surface area contributed by atoms with Crippen LogP contribution in [0.3, 0.4) is 0 Å². The van der Waals surface area contributed by atoms with E-state index in [0.29, 0.717) is 17.8 Å². The first-order valence-electron chi connectivity index (χ1n) is 8.22. The Hall–Kier alpha value is -2.19. The molecule has 1 aromatic heterocycles. The lowest BCUT2D eigenvalue weighted by molar-refractivity contribution is -0.120. The molecule has 0 spiro atoms. The molecule has 6 nitrogen and oxygen atoms in total. The Balaban J connectivity index is 1.44. The van der Waals surface area contributed by atoms with Crippen LogP contribution in [0, 0.1) is 0 Å². The lowest BCUT2D eigenvalue weighted by Gasteiger charge is -2.16. The summed E-state index contributed by atoms with van der Waals surface area (Å²) >= 11 is 4.61. The Morgan fingerprint density at radius 3 is 2.50 bits per heavy atom. The number of nitrogens with one attached hydrogen (secondary N) is 2. The molecular weight excluding hydrogens is 418 g/mol. The highest BCUT2D eigenvalue weighted by Crippen LogP contribution is 2.22. The number of halogens is 1. The molecule has 1 aromatic carbocycles. The molecular formula is C18H18BrN3O3S. The Labute approximate surface area is 163 Å². The van der Waals surface area contributed by atoms with Crippen LogP contribution in [0.1, 0.15) is 28.1 Å². The molecule has 3 rings (SSSR count). The number of amides is 3. The zero-order chi connectivity index (χ0) is 18.5. The number of anilines is 1. The number of rotatable bonds is 6. The highest BCUT2D eigenvalue weighted by Gasteiger charge is 2.21. The van der Waals surface area contributed by atoms with E-state index in [1.807, 2.05) is 24.3 Å². The van der Waals surface area contributed by atoms with E-state index in [9.17, 15) is 14.4 Å². The van der Waals surface area contributed by atoms with Crippen LogP contribution in [-0.2, 0) is 16.1 Å². The zero-order valence-electron chi connectivity index (χ0n) is 14.0. The van der Waals surface area contributed by atoms with Gasteiger partial charge in [0.25, 0.3) is 5.91 Å². The zero-order valence-corrected chi connectivity index (χ0v) is 16.4. The van der Waals surface area contributed by atoms with E-state index >= 15 is 0 Å². The van der Waals surface area contributed by atoms with Gasteiger partial charge in [-0.2, -0.15) is 0 Å². The number of hydrogen-bond donors (Lipinski definition) is 2. The van der Waals surface area contributed by atoms with E-state index in [1.54, 1.807) is 17.0 Å². The fourth-order valence-corrected chi connectivity index (χ4v) is 3.96. The largest absolute Gasteiger partial charge is 0.350 e. The average molecular weight is 436 g/mol. The molecule has 1 saturated heterocycles. The number of nitrogens with zero attached hydrogens (tertiary/aromatic N) is 1. The van der Waals surface area contributed by atoms with Crippen molar-refractivity contribution < 1.29 is 14.4 Å². The van der Waals surface area contributed by atoms with Crippen LogP contribution in [0.5, 0.6) is 0 Å². The number of hydrogen-bond acceptors (Lipinski definition) is 4. The molecule has 1 fully saturated rings. The van der Waals surface area contributed by atoms with Crippen LogP contribution < -0.4 is 15.5 Å². The van der Waals surface area contributed by atoms with Crippen molar-refractivity contribution in [3.8, 4) is 0 Å². The molecule has 0 atom stereocenters. The lowest BCUT2D eigenvalue weighted by Crippen LogP contribution is -2.36. The molecule has 3 amide bonds. The number of carbonyl (C=O) groups excluding carboxylic acids is 3. The molecule has 2 aromatic rings. The molecule has 1 aliphatic rings. The van der Waals surface area contributed by atoms with Crippen molar-refractivity contribution >= 4 is 50.7 Å². The number of benzene rings is 1. The van der Waals surface area contributed by atoms with Crippen LogP contribution in [0.15, 0.2) is 40.2 Å². The molecule has 2 heterocycles. The second-order valence-electron chi connectivity index (χ2n) is 5.88. The number of carbonyl (C=O) groups is 3. The Bertz CT molecular complexity index is 819. The van der Waals surface area contributed by atoms with Gasteiger partial charge in [-0.05, 0) is 52.2 Å². The molecule has 0 unspecified atom stereocenters. The first-order chi connectivity index (χ1) is 12.5. The second-order valence-corrected chi connectivity index (χ2v) is 8.34. The fourth-order valence-electron chi connectivity index (χ4n) is 2.66. The summed E-state index contributed by atoms with van der Waals surface area (Å²) in [5, 5.41) is 5.36. The maximum atomic E-state index is 11.9. The Morgan fingerprint density at radius 1 is 1.12 bits per heavy atom. The summed E-state index contributed by atoms with van der Waals surface area (Å²) in [6.07, 6.45) is 1.50. The maximum absolute atomic E-state index is 11.9. The van der Waals surface area contributed by atoms with Crippen LogP contribution >= 0.6 is 27.3 Å². The van der Waals surface area contributed by atoms with Crippen molar-refractivity contribution in [1.82, 2.24) is 10.6 Å². The molecule has 0 saturated carbocycles. The third-order valence-electron chi connectivity index (χ3n) is 4.02. The van der Waals surface area contributed by atoms with E-state index in [-0.39, 0.29) is 24.3 Å². The number of thiophene rings is 1. The summed E-state index contributed by atoms with van der Waals surface area (Å²) in [5.41, 5.74) is 1.82. The normalized spacial score (nSPS) is 13.7. The van der Waals surface area contributed by atoms with E-state index in [4.69, 9.17) is 0 Å². The van der Waals surface area contributed by atoms with Gasteiger partial charge in [0.1, 0.15) is 0 Å². The van der Waals surface area contributed by atoms with Gasteiger partial charge in [0.2, 0.25) is 11.8 Å². The van der Waals surface area contributed by atoms with Crippen LogP contribution in [-0.4, -0.2) is 30.8 Å². The van der Waals surface area contributed by atoms with Gasteiger partial charge in [0.15, 0.2) is 0 Å². The van der Waals surface area contributed by atoms with Gasteiger partial charge < -0.3 is 15.5 Å². The van der Waals surface area contributed by atoms with Gasteiger partial charge in [-0.25, -0.2) is 0 Å². The minimum Gasteiger partial charge on any atom is -0.350 e. The SMILES string of the molecule is O=C(CNC(=O)c1ccc(Br)s1)NCc1ccc(N2CCCC2=O)cc1. The molecule has 1 aliphatic heterocycles. The van der Waals surface area contributed by atoms with Gasteiger partial charge in [-0.1, -0.05) is 12.1 Å². The average Bonchev–Trinajstić information content (AvgIpc) is 3.26. The van der Waals surface area contributed by atoms with Gasteiger partial charge in [0.05, 0.1) is 15.2 Å². The third-order valence-corrected chi connectivity index (χ3v) is 5.64. The van der Waals surface area contributed by atoms with Crippen LogP contribution in [0.2, 0.25) is 0 Å². The first-order valence-corrected chi connectivity index (χ1v) is 9.83. The quantitative estimate of drug-likeness (QED) is 0.731. The van der Waals surface area contributed by atoms with Crippen molar-refractivity contribution in [3.63, 3.8) is 0 Å². The first kappa shape index (κ1) is 18.6. The van der Waals surface area contributed by atoms with E-state index in [0.717, 1.165) is 28.0 Å². The second kappa shape index (κ2) is 8.46. The molecule has 0 radical (unpaired) electrons. The minimum absolute atomic E-state index is 0.0747. The van der Waals surface area contributed by atoms with Gasteiger partial charge in [-0.15, -0.1) is 11.3 Å². The standard InChI is InChI=1S/C18H18BrN3O3S/c19-15-8-7-14(26-15)18(25)21-11-16(23)20-10-12-3-5-13(6-4-12)22-9-1-2-17(22)24/h3-8H,1-2,9-11H2,(H,20,23)(H,21,25). The van der Waals surface area contributed by atoms with E-state index in [1.165, 1.54) is 11.3 Å². The molecule has 8 heteroatoms. The molecule has 0 aliphatic carbocycles. The highest BCUT2D eigenvalue weighted by atomic mass is 79.9. The Kier molecular flexibility index (Phi) is 6.05. The fraction of sp³-hybridized carbons (Fsp3) is 0.278. The van der Waals surface area contributed by atoms with Crippen LogP contribution in [0.4, 0.5) is 5.69 Å². The van der Waals surface area contributed by atoms with E-state index in [2.05, 4.69) is 26.6 Å². The molecule has 26 heavy (non-hydrogen) atoms. The summed E-state index contributed by atoms with van der Waals surface area (Å²) in [6.45, 7) is 1.05. The monoisotopic (exact) mass is 435 g/mol. The molecule has 0 bridgehead atoms. The maximum Gasteiger partial charge on any atom is 0.261 e. The van der Waals surface area contributed by atoms with Crippen molar-refractivity contribution in [2.75, 3.05) is 18.0 Å². The summed E-state index contributed by atoms with van der Waals surface area (Å²) in [6, 6.07) is 11.1. The van der Waals surface area contributed by atoms with Crippen molar-refractivity contribution in [2.24, 2.45) is 0 Å². The molecule has 136 valence electrons. The predicted molar refractivity (Wildman–Crippen MR) is 104 cm³/mol. The molecule has 2 N–H and O–H groups in total. The van der Waals surface area contributed by atoms with Gasteiger partial charge in [-0.3, -0.25) is 14.4 Å². The van der Waals surface area contributed by atoms with Crippen LogP contribution in [0.25, 0.3) is 0 Å². The van der Waals surface area contributed by atoms with Crippen molar-refractivity contribution in [3.05, 3.63) is 50.6 Å². The topological polar surface area (TPSA) is 78.5 Å². The predicted octanol–water partition coefficient (Wildman–Crippen LogP) is 2.68. The van der Waals surface area contributed by atoms with Gasteiger partial charge >= 0.3 is 0 Å². The lowest BCUT2D eigenvalue weighted by atomic mass is 10.2. The summed E-state index contributed by atoms with van der Waals surface area (Å²) in [4.78, 5) is 37.9. The van der Waals surface area contributed by atoms with Gasteiger partial charge in [0, 0.05) is 25.2 Å². The third kappa shape index (κ3) is 4.70. The Morgan fingerprint density at radius 2 is 1.88 bits per heavy atom.